The number of aromatic nitrogens is 5. The van der Waals surface area contributed by atoms with Crippen molar-refractivity contribution in [2.75, 3.05) is 38.5 Å². The van der Waals surface area contributed by atoms with E-state index in [0.717, 1.165) is 74.8 Å². The number of hydrogen-bond acceptors (Lipinski definition) is 10. The van der Waals surface area contributed by atoms with Crippen LogP contribution < -0.4 is 5.32 Å². The zero-order chi connectivity index (χ0) is 29.6. The molecule has 2 atom stereocenters. The third-order valence-electron chi connectivity index (χ3n) is 8.00. The first-order valence-electron chi connectivity index (χ1n) is 15.0. The molecule has 0 amide bonds. The van der Waals surface area contributed by atoms with Gasteiger partial charge in [-0.25, -0.2) is 24.9 Å². The molecule has 6 rings (SSSR count). The van der Waals surface area contributed by atoms with Crippen molar-refractivity contribution in [3.8, 4) is 11.5 Å². The van der Waals surface area contributed by atoms with Crippen LogP contribution in [0.15, 0.2) is 67.0 Å². The highest BCUT2D eigenvalue weighted by Crippen LogP contribution is 2.23. The van der Waals surface area contributed by atoms with E-state index in [2.05, 4.69) is 66.4 Å². The molecule has 1 N–H and O–H groups in total. The van der Waals surface area contributed by atoms with Gasteiger partial charge < -0.3 is 15.0 Å². The normalized spacial score (nSPS) is 19.3. The van der Waals surface area contributed by atoms with Gasteiger partial charge in [-0.05, 0) is 75.2 Å². The predicted molar refractivity (Wildman–Crippen MR) is 165 cm³/mol. The molecule has 0 aliphatic carbocycles. The summed E-state index contributed by atoms with van der Waals surface area (Å²) >= 11 is 0. The number of piperidine rings is 1. The van der Waals surface area contributed by atoms with Crippen LogP contribution >= 0.6 is 0 Å². The van der Waals surface area contributed by atoms with Gasteiger partial charge in [0.2, 0.25) is 0 Å². The average molecular weight is 579 g/mol. The van der Waals surface area contributed by atoms with E-state index in [1.165, 1.54) is 5.56 Å². The van der Waals surface area contributed by atoms with Gasteiger partial charge in [0.1, 0.15) is 29.3 Å². The van der Waals surface area contributed by atoms with Crippen LogP contribution in [0.2, 0.25) is 0 Å². The third kappa shape index (κ3) is 7.77. The summed E-state index contributed by atoms with van der Waals surface area (Å²) in [5, 5.41) is 3.27. The molecule has 0 saturated carbocycles. The summed E-state index contributed by atoms with van der Waals surface area (Å²) < 4.78 is 5.83. The second-order valence-electron chi connectivity index (χ2n) is 11.6. The van der Waals surface area contributed by atoms with Gasteiger partial charge in [0.15, 0.2) is 5.82 Å². The first kappa shape index (κ1) is 28.8. The van der Waals surface area contributed by atoms with Gasteiger partial charge in [0.05, 0.1) is 5.92 Å². The van der Waals surface area contributed by atoms with E-state index in [4.69, 9.17) is 9.72 Å². The standard InChI is InChI=1S/C33H38N8O2/c1-23-5-3-7-28(36-23)32-35-16-13-30(39-32)37-29-12-15-34-31(38-29)19-24-8-10-25(11-9-24)20-41-17-4-6-26(21-41)33(42)43-27-14-18-40(2)22-27/h3,5,7-13,15-16,26-27H,4,6,14,17-22H2,1-2H3,(H,34,35,37,38,39)/t26-,27-/m0/s1. The lowest BCUT2D eigenvalue weighted by atomic mass is 9.97. The highest BCUT2D eigenvalue weighted by atomic mass is 16.5. The fourth-order valence-corrected chi connectivity index (χ4v) is 5.75. The number of pyridine rings is 1. The summed E-state index contributed by atoms with van der Waals surface area (Å²) in [6.45, 7) is 6.37. The van der Waals surface area contributed by atoms with E-state index in [1.807, 2.05) is 37.3 Å². The van der Waals surface area contributed by atoms with Crippen LogP contribution in [0, 0.1) is 12.8 Å². The van der Waals surface area contributed by atoms with Gasteiger partial charge in [-0.2, -0.15) is 0 Å². The topological polar surface area (TPSA) is 109 Å². The fourth-order valence-electron chi connectivity index (χ4n) is 5.75. The van der Waals surface area contributed by atoms with Crippen molar-refractivity contribution in [3.05, 3.63) is 89.6 Å². The van der Waals surface area contributed by atoms with E-state index in [1.54, 1.807) is 12.4 Å². The van der Waals surface area contributed by atoms with E-state index in [0.29, 0.717) is 23.9 Å². The van der Waals surface area contributed by atoms with E-state index < -0.39 is 0 Å². The minimum atomic E-state index is -0.0369. The Kier molecular flexibility index (Phi) is 8.95. The molecular formula is C33H38N8O2. The van der Waals surface area contributed by atoms with E-state index >= 15 is 0 Å². The smallest absolute Gasteiger partial charge is 0.310 e. The maximum Gasteiger partial charge on any atom is 0.310 e. The number of likely N-dealkylation sites (tertiary alicyclic amines) is 2. The molecule has 2 aliphatic rings. The highest BCUT2D eigenvalue weighted by molar-refractivity contribution is 5.73. The molecular weight excluding hydrogens is 540 g/mol. The first-order valence-corrected chi connectivity index (χ1v) is 15.0. The molecule has 10 heteroatoms. The first-order chi connectivity index (χ1) is 21.0. The summed E-state index contributed by atoms with van der Waals surface area (Å²) in [5.41, 5.74) is 4.01. The number of esters is 1. The Morgan fingerprint density at radius 1 is 0.907 bits per heavy atom. The van der Waals surface area contributed by atoms with Crippen molar-refractivity contribution < 1.29 is 9.53 Å². The van der Waals surface area contributed by atoms with Crippen LogP contribution in [0.1, 0.15) is 41.9 Å². The molecule has 4 aromatic rings. The van der Waals surface area contributed by atoms with Gasteiger partial charge in [0.25, 0.3) is 0 Å². The number of likely N-dealkylation sites (N-methyl/N-ethyl adjacent to an activating group) is 1. The van der Waals surface area contributed by atoms with Crippen LogP contribution in [0.25, 0.3) is 11.5 Å². The van der Waals surface area contributed by atoms with Gasteiger partial charge in [-0.15, -0.1) is 0 Å². The number of nitrogens with one attached hydrogen (secondary N) is 1. The summed E-state index contributed by atoms with van der Waals surface area (Å²) in [4.78, 5) is 40.1. The van der Waals surface area contributed by atoms with E-state index in [9.17, 15) is 4.79 Å². The van der Waals surface area contributed by atoms with Crippen LogP contribution in [0.4, 0.5) is 11.6 Å². The number of aryl methyl sites for hydroxylation is 1. The second-order valence-corrected chi connectivity index (χ2v) is 11.6. The third-order valence-corrected chi connectivity index (χ3v) is 8.00. The lowest BCUT2D eigenvalue weighted by Gasteiger charge is -2.32. The SMILES string of the molecule is Cc1cccc(-c2nccc(Nc3ccnc(Cc4ccc(CN5CCC[C@H](C(=O)O[C@H]6CCN(C)C6)C5)cc4)n3)n2)n1. The van der Waals surface area contributed by atoms with Crippen LogP contribution in [0.3, 0.4) is 0 Å². The monoisotopic (exact) mass is 578 g/mol. The van der Waals surface area contributed by atoms with Gasteiger partial charge >= 0.3 is 5.97 Å². The zero-order valence-electron chi connectivity index (χ0n) is 24.8. The molecule has 2 fully saturated rings. The van der Waals surface area contributed by atoms with Crippen molar-refractivity contribution in [3.63, 3.8) is 0 Å². The highest BCUT2D eigenvalue weighted by Gasteiger charge is 2.30. The number of carbonyl (C=O) groups excluding carboxylic acids is 1. The molecule has 10 nitrogen and oxygen atoms in total. The molecule has 2 aliphatic heterocycles. The average Bonchev–Trinajstić information content (AvgIpc) is 3.43. The lowest BCUT2D eigenvalue weighted by molar-refractivity contribution is -0.155. The van der Waals surface area contributed by atoms with E-state index in [-0.39, 0.29) is 18.0 Å². The van der Waals surface area contributed by atoms with Crippen molar-refractivity contribution in [2.45, 2.75) is 45.3 Å². The molecule has 1 aromatic carbocycles. The Balaban J connectivity index is 1.03. The molecule has 3 aromatic heterocycles. The summed E-state index contributed by atoms with van der Waals surface area (Å²) in [6.07, 6.45) is 6.99. The van der Waals surface area contributed by atoms with Gasteiger partial charge in [-0.3, -0.25) is 9.69 Å². The molecule has 2 saturated heterocycles. The minimum absolute atomic E-state index is 0.0273. The molecule has 43 heavy (non-hydrogen) atoms. The Morgan fingerprint density at radius 2 is 1.70 bits per heavy atom. The number of nitrogens with zero attached hydrogens (tertiary/aromatic N) is 7. The van der Waals surface area contributed by atoms with Crippen molar-refractivity contribution in [2.24, 2.45) is 5.92 Å². The predicted octanol–water partition coefficient (Wildman–Crippen LogP) is 4.43. The maximum atomic E-state index is 12.8. The van der Waals surface area contributed by atoms with Crippen molar-refractivity contribution in [1.29, 1.82) is 0 Å². The Morgan fingerprint density at radius 3 is 2.49 bits per heavy atom. The van der Waals surface area contributed by atoms with Crippen molar-refractivity contribution in [1.82, 2.24) is 34.7 Å². The molecule has 0 unspecified atom stereocenters. The number of rotatable bonds is 9. The zero-order valence-corrected chi connectivity index (χ0v) is 24.8. The molecule has 0 spiro atoms. The Bertz CT molecular complexity index is 1550. The number of carbonyl (C=O) groups is 1. The summed E-state index contributed by atoms with van der Waals surface area (Å²) in [7, 11) is 2.07. The largest absolute Gasteiger partial charge is 0.461 e. The quantitative estimate of drug-likeness (QED) is 0.287. The maximum absolute atomic E-state index is 12.8. The number of benzene rings is 1. The fraction of sp³-hybridized carbons (Fsp3) is 0.394. The Labute approximate surface area is 252 Å². The van der Waals surface area contributed by atoms with Crippen LogP contribution in [0.5, 0.6) is 0 Å². The number of hydrogen-bond donors (Lipinski definition) is 1. The molecule has 5 heterocycles. The molecule has 222 valence electrons. The molecule has 0 radical (unpaired) electrons. The Hall–Kier alpha value is -4.28. The molecule has 0 bridgehead atoms. The van der Waals surface area contributed by atoms with Crippen molar-refractivity contribution >= 4 is 17.6 Å². The summed E-state index contributed by atoms with van der Waals surface area (Å²) in [6, 6.07) is 18.0. The number of ether oxygens (including phenoxy) is 1. The lowest BCUT2D eigenvalue weighted by Crippen LogP contribution is -2.40. The van der Waals surface area contributed by atoms with Gasteiger partial charge in [0, 0.05) is 50.7 Å². The van der Waals surface area contributed by atoms with Crippen LogP contribution in [-0.2, 0) is 22.5 Å². The van der Waals surface area contributed by atoms with Crippen LogP contribution in [-0.4, -0.2) is 80.0 Å². The summed E-state index contributed by atoms with van der Waals surface area (Å²) in [5.74, 6) is 2.52. The number of anilines is 2. The van der Waals surface area contributed by atoms with Gasteiger partial charge in [-0.1, -0.05) is 30.3 Å². The second kappa shape index (κ2) is 13.4. The minimum Gasteiger partial charge on any atom is -0.461 e.